The van der Waals surface area contributed by atoms with Crippen molar-refractivity contribution < 1.29 is 9.59 Å². The van der Waals surface area contributed by atoms with Crippen LogP contribution in [0.4, 0.5) is 5.69 Å². The summed E-state index contributed by atoms with van der Waals surface area (Å²) in [5.41, 5.74) is 0.654. The smallest absolute Gasteiger partial charge is 0.243 e. The van der Waals surface area contributed by atoms with Gasteiger partial charge in [0.2, 0.25) is 11.8 Å². The van der Waals surface area contributed by atoms with Crippen molar-refractivity contribution in [3.8, 4) is 0 Å². The van der Waals surface area contributed by atoms with E-state index in [1.807, 2.05) is 0 Å². The van der Waals surface area contributed by atoms with Gasteiger partial charge in [-0.1, -0.05) is 35.1 Å². The third-order valence-corrected chi connectivity index (χ3v) is 5.30. The van der Waals surface area contributed by atoms with Gasteiger partial charge in [0, 0.05) is 23.5 Å². The highest BCUT2D eigenvalue weighted by Crippen LogP contribution is 2.22. The van der Waals surface area contributed by atoms with Crippen LogP contribution in [0.15, 0.2) is 29.3 Å². The first-order valence-corrected chi connectivity index (χ1v) is 8.99. The molecule has 1 heterocycles. The van der Waals surface area contributed by atoms with Crippen LogP contribution in [0, 0.1) is 0 Å². The molecule has 118 valence electrons. The van der Waals surface area contributed by atoms with Crippen molar-refractivity contribution in [2.75, 3.05) is 37.0 Å². The Labute approximate surface area is 142 Å². The fourth-order valence-corrected chi connectivity index (χ4v) is 3.75. The number of carbonyl (C=O) groups is 2. The number of nitrogens with one attached hydrogen (secondary N) is 1. The number of hydrogen-bond donors (Lipinski definition) is 1. The lowest BCUT2D eigenvalue weighted by molar-refractivity contribution is -0.131. The fourth-order valence-electron chi connectivity index (χ4n) is 1.67. The van der Waals surface area contributed by atoms with Gasteiger partial charge in [0.1, 0.15) is 4.38 Å². The average Bonchev–Trinajstić information content (AvgIpc) is 3.00. The molecule has 0 aliphatic carbocycles. The van der Waals surface area contributed by atoms with Crippen molar-refractivity contribution in [1.82, 2.24) is 4.90 Å². The highest BCUT2D eigenvalue weighted by Gasteiger charge is 2.15. The molecule has 2 rings (SSSR count). The lowest BCUT2D eigenvalue weighted by atomic mass is 10.3. The maximum atomic E-state index is 12.0. The van der Waals surface area contributed by atoms with Crippen molar-refractivity contribution in [3.05, 3.63) is 29.3 Å². The molecule has 1 aliphatic heterocycles. The molecule has 0 aromatic heterocycles. The van der Waals surface area contributed by atoms with Crippen LogP contribution in [0.1, 0.15) is 0 Å². The summed E-state index contributed by atoms with van der Waals surface area (Å²) in [7, 11) is 1.62. The minimum Gasteiger partial charge on any atom is -0.336 e. The summed E-state index contributed by atoms with van der Waals surface area (Å²) in [5.74, 6) is 0.953. The Kier molecular flexibility index (Phi) is 6.60. The lowest BCUT2D eigenvalue weighted by Crippen LogP contribution is -2.36. The van der Waals surface area contributed by atoms with Crippen LogP contribution in [0.2, 0.25) is 5.02 Å². The molecule has 5 nitrogen and oxygen atoms in total. The number of rotatable bonds is 5. The fraction of sp³-hybridized carbons (Fsp3) is 0.357. The molecule has 0 spiro atoms. The first kappa shape index (κ1) is 17.2. The molecule has 22 heavy (non-hydrogen) atoms. The Morgan fingerprint density at radius 3 is 2.77 bits per heavy atom. The van der Waals surface area contributed by atoms with Crippen molar-refractivity contribution in [3.63, 3.8) is 0 Å². The maximum Gasteiger partial charge on any atom is 0.243 e. The van der Waals surface area contributed by atoms with Crippen molar-refractivity contribution >= 4 is 57.0 Å². The van der Waals surface area contributed by atoms with Gasteiger partial charge in [-0.25, -0.2) is 0 Å². The Morgan fingerprint density at radius 2 is 2.14 bits per heavy atom. The standard InChI is InChI=1S/C14H16ClN3O2S2/c1-18(13(20)9-22-14-16-6-7-21-14)8-12(19)17-11-4-2-10(15)3-5-11/h2-5H,6-9H2,1H3,(H,17,19). The zero-order valence-electron chi connectivity index (χ0n) is 12.0. The molecular formula is C14H16ClN3O2S2. The van der Waals surface area contributed by atoms with Crippen LogP contribution in [0.5, 0.6) is 0 Å². The Hall–Kier alpha value is -1.18. The molecule has 1 aromatic carbocycles. The normalized spacial score (nSPS) is 13.6. The van der Waals surface area contributed by atoms with E-state index in [0.29, 0.717) is 16.5 Å². The molecule has 8 heteroatoms. The van der Waals surface area contributed by atoms with E-state index in [-0.39, 0.29) is 18.4 Å². The van der Waals surface area contributed by atoms with E-state index in [4.69, 9.17) is 11.6 Å². The lowest BCUT2D eigenvalue weighted by Gasteiger charge is -2.16. The number of likely N-dealkylation sites (N-methyl/N-ethyl adjacent to an activating group) is 1. The summed E-state index contributed by atoms with van der Waals surface area (Å²) in [4.78, 5) is 29.6. The minimum absolute atomic E-state index is 0.0155. The summed E-state index contributed by atoms with van der Waals surface area (Å²) in [6.07, 6.45) is 0. The summed E-state index contributed by atoms with van der Waals surface area (Å²) in [6.45, 7) is 0.835. The van der Waals surface area contributed by atoms with E-state index >= 15 is 0 Å². The number of hydrogen-bond acceptors (Lipinski definition) is 5. The number of anilines is 1. The van der Waals surface area contributed by atoms with E-state index in [2.05, 4.69) is 10.3 Å². The quantitative estimate of drug-likeness (QED) is 0.879. The number of aliphatic imine (C=N–C) groups is 1. The summed E-state index contributed by atoms with van der Waals surface area (Å²) >= 11 is 8.88. The van der Waals surface area contributed by atoms with E-state index < -0.39 is 0 Å². The minimum atomic E-state index is -0.240. The summed E-state index contributed by atoms with van der Waals surface area (Å²) in [5, 5.41) is 3.33. The predicted octanol–water partition coefficient (Wildman–Crippen LogP) is 2.57. The van der Waals surface area contributed by atoms with Crippen LogP contribution in [0.25, 0.3) is 0 Å². The van der Waals surface area contributed by atoms with E-state index in [9.17, 15) is 9.59 Å². The maximum absolute atomic E-state index is 12.0. The number of nitrogens with zero attached hydrogens (tertiary/aromatic N) is 2. The number of thioether (sulfide) groups is 2. The van der Waals surface area contributed by atoms with Crippen LogP contribution >= 0.6 is 35.1 Å². The second-order valence-corrected chi connectivity index (χ2v) is 7.33. The number of halogens is 1. The van der Waals surface area contributed by atoms with Gasteiger partial charge in [-0.15, -0.1) is 0 Å². The van der Waals surface area contributed by atoms with E-state index in [1.165, 1.54) is 16.7 Å². The summed E-state index contributed by atoms with van der Waals surface area (Å²) < 4.78 is 0.951. The first-order valence-electron chi connectivity index (χ1n) is 6.64. The third-order valence-electron chi connectivity index (χ3n) is 2.81. The predicted molar refractivity (Wildman–Crippen MR) is 94.9 cm³/mol. The van der Waals surface area contributed by atoms with Gasteiger partial charge in [-0.2, -0.15) is 0 Å². The van der Waals surface area contributed by atoms with Gasteiger partial charge >= 0.3 is 0 Å². The molecule has 1 aliphatic rings. The van der Waals surface area contributed by atoms with Crippen molar-refractivity contribution in [2.45, 2.75) is 0 Å². The molecule has 0 unspecified atom stereocenters. The van der Waals surface area contributed by atoms with Gasteiger partial charge in [0.25, 0.3) is 0 Å². The second-order valence-electron chi connectivity index (χ2n) is 4.59. The molecule has 0 saturated heterocycles. The molecule has 2 amide bonds. The first-order chi connectivity index (χ1) is 10.5. The molecular weight excluding hydrogens is 342 g/mol. The van der Waals surface area contributed by atoms with E-state index in [1.54, 1.807) is 43.1 Å². The Balaban J connectivity index is 1.74. The van der Waals surface area contributed by atoms with Crippen LogP contribution in [0.3, 0.4) is 0 Å². The Morgan fingerprint density at radius 1 is 1.41 bits per heavy atom. The highest BCUT2D eigenvalue weighted by molar-refractivity contribution is 8.39. The molecule has 1 aromatic rings. The zero-order valence-corrected chi connectivity index (χ0v) is 14.4. The van der Waals surface area contributed by atoms with Gasteiger partial charge < -0.3 is 10.2 Å². The topological polar surface area (TPSA) is 61.8 Å². The summed E-state index contributed by atoms with van der Waals surface area (Å²) in [6, 6.07) is 6.83. The van der Waals surface area contributed by atoms with Gasteiger partial charge in [0.15, 0.2) is 0 Å². The molecule has 0 saturated carbocycles. The number of amides is 2. The van der Waals surface area contributed by atoms with Crippen LogP contribution < -0.4 is 5.32 Å². The van der Waals surface area contributed by atoms with Gasteiger partial charge in [-0.3, -0.25) is 14.6 Å². The molecule has 0 bridgehead atoms. The third kappa shape index (κ3) is 5.55. The Bertz CT molecular complexity index is 578. The number of carbonyl (C=O) groups excluding carboxylic acids is 2. The molecule has 1 N–H and O–H groups in total. The largest absolute Gasteiger partial charge is 0.336 e. The molecule has 0 radical (unpaired) electrons. The average molecular weight is 358 g/mol. The SMILES string of the molecule is CN(CC(=O)Nc1ccc(Cl)cc1)C(=O)CSC1=NCCS1. The monoisotopic (exact) mass is 357 g/mol. The van der Waals surface area contributed by atoms with Gasteiger partial charge in [-0.05, 0) is 24.3 Å². The van der Waals surface area contributed by atoms with E-state index in [0.717, 1.165) is 16.7 Å². The second kappa shape index (κ2) is 8.45. The van der Waals surface area contributed by atoms with Crippen molar-refractivity contribution in [1.29, 1.82) is 0 Å². The zero-order chi connectivity index (χ0) is 15.9. The molecule has 0 atom stereocenters. The van der Waals surface area contributed by atoms with Crippen LogP contribution in [-0.2, 0) is 9.59 Å². The van der Waals surface area contributed by atoms with Crippen molar-refractivity contribution in [2.24, 2.45) is 4.99 Å². The van der Waals surface area contributed by atoms with Gasteiger partial charge in [0.05, 0.1) is 18.8 Å². The highest BCUT2D eigenvalue weighted by atomic mass is 35.5. The number of benzene rings is 1. The molecule has 0 fully saturated rings. The van der Waals surface area contributed by atoms with Crippen LogP contribution in [-0.4, -0.2) is 52.7 Å².